The van der Waals surface area contributed by atoms with E-state index in [9.17, 15) is 9.90 Å². The predicted octanol–water partition coefficient (Wildman–Crippen LogP) is 1.76. The molecule has 6 heteroatoms. The molecule has 2 aliphatic heterocycles. The third kappa shape index (κ3) is 3.18. The maximum Gasteiger partial charge on any atom is 0.225 e. The van der Waals surface area contributed by atoms with Crippen LogP contribution in [0.1, 0.15) is 64.0 Å². The Morgan fingerprint density at radius 2 is 1.87 bits per heavy atom. The summed E-state index contributed by atoms with van der Waals surface area (Å²) in [6.45, 7) is 3.93. The van der Waals surface area contributed by atoms with Crippen LogP contribution in [-0.4, -0.2) is 48.6 Å². The van der Waals surface area contributed by atoms with Gasteiger partial charge in [-0.3, -0.25) is 4.79 Å². The van der Waals surface area contributed by atoms with Crippen LogP contribution < -0.4 is 10.7 Å². The summed E-state index contributed by atoms with van der Waals surface area (Å²) < 4.78 is 1.90. The summed E-state index contributed by atoms with van der Waals surface area (Å²) in [5.74, 6) is 0.738. The van der Waals surface area contributed by atoms with Gasteiger partial charge < -0.3 is 10.0 Å². The molecule has 6 nitrogen and oxygen atoms in total. The van der Waals surface area contributed by atoms with Gasteiger partial charge in [0.2, 0.25) is 5.91 Å². The molecule has 0 radical (unpaired) electrons. The van der Waals surface area contributed by atoms with E-state index < -0.39 is 5.60 Å². The largest absolute Gasteiger partial charge is 0.390 e. The highest BCUT2D eigenvalue weighted by Crippen LogP contribution is 2.51. The first-order chi connectivity index (χ1) is 14.5. The minimum Gasteiger partial charge on any atom is -0.390 e. The minimum atomic E-state index is -0.547. The number of benzene rings is 1. The van der Waals surface area contributed by atoms with Crippen molar-refractivity contribution in [1.29, 1.82) is 0 Å². The van der Waals surface area contributed by atoms with Gasteiger partial charge in [0.15, 0.2) is 0 Å². The van der Waals surface area contributed by atoms with Gasteiger partial charge in [0, 0.05) is 12.1 Å². The van der Waals surface area contributed by atoms with Gasteiger partial charge in [0.05, 0.1) is 23.4 Å². The highest BCUT2D eigenvalue weighted by atomic mass is 16.3. The van der Waals surface area contributed by atoms with E-state index in [4.69, 9.17) is 0 Å². The summed E-state index contributed by atoms with van der Waals surface area (Å²) in [7, 11) is 0. The van der Waals surface area contributed by atoms with Gasteiger partial charge in [0.25, 0.3) is 0 Å². The molecule has 1 aromatic heterocycles. The lowest BCUT2D eigenvalue weighted by molar-refractivity contribution is -0.175. The average molecular weight is 407 g/mol. The molecule has 3 heterocycles. The predicted molar refractivity (Wildman–Crippen MR) is 115 cm³/mol. The topological polar surface area (TPSA) is 71.2 Å². The van der Waals surface area contributed by atoms with Crippen LogP contribution in [0.3, 0.4) is 0 Å². The van der Waals surface area contributed by atoms with E-state index in [0.29, 0.717) is 12.3 Å². The van der Waals surface area contributed by atoms with E-state index >= 15 is 0 Å². The SMILES string of the molecule is C/C=c1/nnn(C(CC(=O)N2C3CC4CC2CC(O)(C4)C3)c2ccccc2)/c1=C/C. The molecule has 4 bridgehead atoms. The number of carbonyl (C=O) groups is 1. The fraction of sp³-hybridized carbons (Fsp3) is 0.542. The zero-order chi connectivity index (χ0) is 20.9. The van der Waals surface area contributed by atoms with Crippen LogP contribution in [0.15, 0.2) is 30.3 Å². The third-order valence-corrected chi connectivity index (χ3v) is 7.34. The molecule has 3 atom stereocenters. The van der Waals surface area contributed by atoms with E-state index in [1.165, 1.54) is 0 Å². The monoisotopic (exact) mass is 406 g/mol. The first-order valence-electron chi connectivity index (χ1n) is 11.1. The maximum absolute atomic E-state index is 13.6. The summed E-state index contributed by atoms with van der Waals surface area (Å²) in [5, 5.41) is 21.4. The summed E-state index contributed by atoms with van der Waals surface area (Å²) in [5.41, 5.74) is 0.513. The van der Waals surface area contributed by atoms with Crippen molar-refractivity contribution in [1.82, 2.24) is 19.9 Å². The molecule has 0 spiro atoms. The Labute approximate surface area is 176 Å². The van der Waals surface area contributed by atoms with Crippen molar-refractivity contribution in [3.8, 4) is 0 Å². The molecule has 2 saturated heterocycles. The molecule has 2 saturated carbocycles. The highest BCUT2D eigenvalue weighted by molar-refractivity contribution is 5.78. The Morgan fingerprint density at radius 1 is 1.17 bits per heavy atom. The zero-order valence-corrected chi connectivity index (χ0v) is 17.7. The van der Waals surface area contributed by atoms with Crippen LogP contribution in [0.25, 0.3) is 12.2 Å². The number of piperidine rings is 2. The number of hydrogen-bond donors (Lipinski definition) is 1. The summed E-state index contributed by atoms with van der Waals surface area (Å²) in [4.78, 5) is 15.7. The lowest BCUT2D eigenvalue weighted by Gasteiger charge is -2.59. The first kappa shape index (κ1) is 19.5. The van der Waals surface area contributed by atoms with Gasteiger partial charge in [-0.25, -0.2) is 4.68 Å². The normalized spacial score (nSPS) is 32.1. The smallest absolute Gasteiger partial charge is 0.225 e. The van der Waals surface area contributed by atoms with Crippen LogP contribution in [0.5, 0.6) is 0 Å². The number of amides is 1. The fourth-order valence-corrected chi connectivity index (χ4v) is 6.31. The van der Waals surface area contributed by atoms with Crippen molar-refractivity contribution in [2.24, 2.45) is 5.92 Å². The average Bonchev–Trinajstić information content (AvgIpc) is 3.14. The molecule has 158 valence electrons. The lowest BCUT2D eigenvalue weighted by Crippen LogP contribution is -2.65. The number of carbonyl (C=O) groups excluding carboxylic acids is 1. The van der Waals surface area contributed by atoms with Gasteiger partial charge in [-0.2, -0.15) is 0 Å². The lowest BCUT2D eigenvalue weighted by atomic mass is 9.61. The molecule has 3 unspecified atom stereocenters. The van der Waals surface area contributed by atoms with Crippen LogP contribution in [0.2, 0.25) is 0 Å². The first-order valence-corrected chi connectivity index (χ1v) is 11.1. The van der Waals surface area contributed by atoms with Crippen molar-refractivity contribution in [2.45, 2.75) is 76.1 Å². The Hall–Kier alpha value is -2.47. The Morgan fingerprint density at radius 3 is 2.47 bits per heavy atom. The molecule has 6 rings (SSSR count). The highest BCUT2D eigenvalue weighted by Gasteiger charge is 2.55. The molecule has 2 aliphatic carbocycles. The van der Waals surface area contributed by atoms with Crippen molar-refractivity contribution in [2.75, 3.05) is 0 Å². The van der Waals surface area contributed by atoms with Crippen molar-refractivity contribution < 1.29 is 9.90 Å². The second-order valence-corrected chi connectivity index (χ2v) is 9.30. The van der Waals surface area contributed by atoms with E-state index in [1.54, 1.807) is 0 Å². The van der Waals surface area contributed by atoms with Gasteiger partial charge >= 0.3 is 0 Å². The second kappa shape index (κ2) is 7.34. The van der Waals surface area contributed by atoms with Gasteiger partial charge in [-0.1, -0.05) is 47.7 Å². The number of hydrogen-bond acceptors (Lipinski definition) is 4. The van der Waals surface area contributed by atoms with Gasteiger partial charge in [-0.15, -0.1) is 5.10 Å². The molecule has 4 aliphatic rings. The molecule has 1 amide bonds. The Bertz CT molecular complexity index is 1040. The van der Waals surface area contributed by atoms with Crippen LogP contribution in [0.4, 0.5) is 0 Å². The van der Waals surface area contributed by atoms with Crippen molar-refractivity contribution in [3.63, 3.8) is 0 Å². The van der Waals surface area contributed by atoms with E-state index in [0.717, 1.165) is 48.4 Å². The van der Waals surface area contributed by atoms with E-state index in [-0.39, 0.29) is 24.0 Å². The van der Waals surface area contributed by atoms with Crippen LogP contribution in [-0.2, 0) is 4.79 Å². The third-order valence-electron chi connectivity index (χ3n) is 7.34. The Kier molecular flexibility index (Phi) is 4.77. The second-order valence-electron chi connectivity index (χ2n) is 9.30. The molecule has 4 fully saturated rings. The molecular formula is C24H30N4O2. The molecule has 30 heavy (non-hydrogen) atoms. The van der Waals surface area contributed by atoms with Gasteiger partial charge in [0.1, 0.15) is 5.35 Å². The quantitative estimate of drug-likeness (QED) is 0.840. The standard InChI is InChI=1S/C24H30N4O2/c1-3-20-21(4-2)28(26-25-20)22(17-8-6-5-7-9-17)12-23(29)27-18-10-16-11-19(27)15-24(30,13-16)14-18/h3-9,16,18-19,22,30H,10-15H2,1-2H3/b20-3+,21-4+. The van der Waals surface area contributed by atoms with Crippen LogP contribution >= 0.6 is 0 Å². The number of aliphatic hydroxyl groups is 1. The van der Waals surface area contributed by atoms with Crippen molar-refractivity contribution in [3.05, 3.63) is 46.6 Å². The Balaban J connectivity index is 1.48. The van der Waals surface area contributed by atoms with Gasteiger partial charge in [-0.05, 0) is 57.4 Å². The van der Waals surface area contributed by atoms with Crippen molar-refractivity contribution >= 4 is 18.1 Å². The molecule has 2 aromatic rings. The maximum atomic E-state index is 13.6. The fourth-order valence-electron chi connectivity index (χ4n) is 6.31. The number of aromatic nitrogens is 3. The summed E-state index contributed by atoms with van der Waals surface area (Å²) in [6.07, 6.45) is 8.76. The molecule has 1 aromatic carbocycles. The minimum absolute atomic E-state index is 0.167. The number of rotatable bonds is 4. The van der Waals surface area contributed by atoms with E-state index in [1.807, 2.05) is 48.9 Å². The van der Waals surface area contributed by atoms with Crippen LogP contribution in [0, 0.1) is 5.92 Å². The number of nitrogens with zero attached hydrogens (tertiary/aromatic N) is 4. The summed E-state index contributed by atoms with van der Waals surface area (Å²) in [6, 6.07) is 10.3. The zero-order valence-electron chi connectivity index (χ0n) is 17.7. The summed E-state index contributed by atoms with van der Waals surface area (Å²) >= 11 is 0. The van der Waals surface area contributed by atoms with E-state index in [2.05, 4.69) is 27.3 Å². The molecular weight excluding hydrogens is 376 g/mol. The molecule has 1 N–H and O–H groups in total.